The van der Waals surface area contributed by atoms with Gasteiger partial charge < -0.3 is 9.47 Å². The molecule has 2 aliphatic heterocycles. The highest BCUT2D eigenvalue weighted by molar-refractivity contribution is 9.10. The molecule has 0 aliphatic carbocycles. The van der Waals surface area contributed by atoms with Crippen molar-refractivity contribution in [1.82, 2.24) is 4.90 Å². The van der Waals surface area contributed by atoms with Crippen LogP contribution in [0.1, 0.15) is 38.9 Å². The first-order valence-corrected chi connectivity index (χ1v) is 8.03. The Labute approximate surface area is 133 Å². The standard InChI is InChI=1S/C16H20BrNO3/c1-16(2,3)21-15(19)18-9-12-8-13(18)14(20-12)10-4-6-11(17)7-5-10/h4-7,12-14H,8-9H2,1-3H3/t12-,13-,14+/m1/s1. The van der Waals surface area contributed by atoms with Gasteiger partial charge in [-0.05, 0) is 44.9 Å². The normalized spacial score (nSPS) is 28.0. The number of hydrogen-bond donors (Lipinski definition) is 0. The number of ether oxygens (including phenoxy) is 2. The summed E-state index contributed by atoms with van der Waals surface area (Å²) in [6.07, 6.45) is 0.723. The van der Waals surface area contributed by atoms with E-state index >= 15 is 0 Å². The lowest BCUT2D eigenvalue weighted by Crippen LogP contribution is -2.45. The van der Waals surface area contributed by atoms with Gasteiger partial charge >= 0.3 is 6.09 Å². The van der Waals surface area contributed by atoms with E-state index in [1.807, 2.05) is 49.9 Å². The second kappa shape index (κ2) is 5.29. The minimum Gasteiger partial charge on any atom is -0.444 e. The number of likely N-dealkylation sites (tertiary alicyclic amines) is 1. The number of rotatable bonds is 1. The molecule has 2 aliphatic rings. The molecule has 2 heterocycles. The summed E-state index contributed by atoms with van der Waals surface area (Å²) in [4.78, 5) is 14.1. The Morgan fingerprint density at radius 2 is 2.00 bits per heavy atom. The van der Waals surface area contributed by atoms with Crippen molar-refractivity contribution >= 4 is 22.0 Å². The summed E-state index contributed by atoms with van der Waals surface area (Å²) in [6.45, 7) is 6.30. The van der Waals surface area contributed by atoms with Crippen LogP contribution in [0.4, 0.5) is 4.79 Å². The van der Waals surface area contributed by atoms with Gasteiger partial charge in [0.2, 0.25) is 0 Å². The molecule has 2 fully saturated rings. The predicted octanol–water partition coefficient (Wildman–Crippen LogP) is 3.90. The van der Waals surface area contributed by atoms with Gasteiger partial charge in [-0.2, -0.15) is 0 Å². The molecule has 2 bridgehead atoms. The maximum Gasteiger partial charge on any atom is 0.410 e. The summed E-state index contributed by atoms with van der Waals surface area (Å²) in [7, 11) is 0. The number of fused-ring (bicyclic) bond motifs is 2. The summed E-state index contributed by atoms with van der Waals surface area (Å²) in [5.74, 6) is 0. The number of carbonyl (C=O) groups is 1. The molecule has 5 heteroatoms. The largest absolute Gasteiger partial charge is 0.444 e. The Balaban J connectivity index is 1.75. The molecule has 21 heavy (non-hydrogen) atoms. The lowest BCUT2D eigenvalue weighted by molar-refractivity contribution is -0.0467. The number of hydrogen-bond acceptors (Lipinski definition) is 3. The zero-order valence-electron chi connectivity index (χ0n) is 12.5. The molecule has 1 amide bonds. The van der Waals surface area contributed by atoms with E-state index in [4.69, 9.17) is 9.47 Å². The van der Waals surface area contributed by atoms with Crippen LogP contribution in [0.15, 0.2) is 28.7 Å². The molecule has 114 valence electrons. The number of carbonyl (C=O) groups excluding carboxylic acids is 1. The van der Waals surface area contributed by atoms with E-state index in [0.717, 1.165) is 16.5 Å². The Kier molecular flexibility index (Phi) is 3.74. The predicted molar refractivity (Wildman–Crippen MR) is 83.1 cm³/mol. The van der Waals surface area contributed by atoms with Gasteiger partial charge in [-0.1, -0.05) is 28.1 Å². The zero-order valence-corrected chi connectivity index (χ0v) is 14.1. The van der Waals surface area contributed by atoms with Gasteiger partial charge in [0.25, 0.3) is 0 Å². The zero-order chi connectivity index (χ0) is 15.2. The highest BCUT2D eigenvalue weighted by Crippen LogP contribution is 2.42. The van der Waals surface area contributed by atoms with Gasteiger partial charge in [-0.25, -0.2) is 4.79 Å². The SMILES string of the molecule is CC(C)(C)OC(=O)N1C[C@H]2C[C@@H]1[C@H](c1ccc(Br)cc1)O2. The summed E-state index contributed by atoms with van der Waals surface area (Å²) in [6, 6.07) is 8.17. The molecule has 0 unspecified atom stereocenters. The third-order valence-electron chi connectivity index (χ3n) is 3.82. The van der Waals surface area contributed by atoms with E-state index in [1.165, 1.54) is 0 Å². The van der Waals surface area contributed by atoms with Gasteiger partial charge in [0, 0.05) is 4.47 Å². The maximum atomic E-state index is 12.3. The van der Waals surface area contributed by atoms with Gasteiger partial charge in [0.1, 0.15) is 11.7 Å². The monoisotopic (exact) mass is 353 g/mol. The van der Waals surface area contributed by atoms with Crippen LogP contribution in [-0.2, 0) is 9.47 Å². The molecule has 1 aromatic rings. The van der Waals surface area contributed by atoms with Gasteiger partial charge in [0.15, 0.2) is 0 Å². The molecular weight excluding hydrogens is 334 g/mol. The minimum absolute atomic E-state index is 0.0515. The lowest BCUT2D eigenvalue weighted by atomic mass is 10.0. The molecule has 0 N–H and O–H groups in total. The van der Waals surface area contributed by atoms with E-state index in [9.17, 15) is 4.79 Å². The average Bonchev–Trinajstić information content (AvgIpc) is 2.97. The van der Waals surface area contributed by atoms with Crippen LogP contribution in [0.25, 0.3) is 0 Å². The van der Waals surface area contributed by atoms with Crippen LogP contribution in [0.3, 0.4) is 0 Å². The highest BCUT2D eigenvalue weighted by atomic mass is 79.9. The maximum absolute atomic E-state index is 12.3. The van der Waals surface area contributed by atoms with Gasteiger partial charge in [-0.3, -0.25) is 4.90 Å². The van der Waals surface area contributed by atoms with Gasteiger partial charge in [-0.15, -0.1) is 0 Å². The van der Waals surface area contributed by atoms with E-state index in [-0.39, 0.29) is 24.3 Å². The van der Waals surface area contributed by atoms with Crippen molar-refractivity contribution in [3.63, 3.8) is 0 Å². The number of halogens is 1. The van der Waals surface area contributed by atoms with Gasteiger partial charge in [0.05, 0.1) is 18.7 Å². The third kappa shape index (κ3) is 3.09. The lowest BCUT2D eigenvalue weighted by Gasteiger charge is -2.34. The molecule has 0 aromatic heterocycles. The fraction of sp³-hybridized carbons (Fsp3) is 0.562. The van der Waals surface area contributed by atoms with Crippen molar-refractivity contribution in [2.45, 2.75) is 51.0 Å². The molecule has 3 atom stereocenters. The number of nitrogens with zero attached hydrogens (tertiary/aromatic N) is 1. The Morgan fingerprint density at radius 3 is 2.57 bits per heavy atom. The van der Waals surface area contributed by atoms with Crippen molar-refractivity contribution in [1.29, 1.82) is 0 Å². The van der Waals surface area contributed by atoms with Crippen molar-refractivity contribution in [3.05, 3.63) is 34.3 Å². The van der Waals surface area contributed by atoms with Crippen LogP contribution in [0.5, 0.6) is 0 Å². The number of amides is 1. The first kappa shape index (κ1) is 14.9. The number of benzene rings is 1. The van der Waals surface area contributed by atoms with Crippen LogP contribution in [0, 0.1) is 0 Å². The minimum atomic E-state index is -0.465. The summed E-state index contributed by atoms with van der Waals surface area (Å²) in [5.41, 5.74) is 0.645. The van der Waals surface area contributed by atoms with Crippen LogP contribution < -0.4 is 0 Å². The van der Waals surface area contributed by atoms with Crippen molar-refractivity contribution in [3.8, 4) is 0 Å². The quantitative estimate of drug-likeness (QED) is 0.768. The molecule has 1 aromatic carbocycles. The first-order valence-electron chi connectivity index (χ1n) is 7.24. The Hall–Kier alpha value is -1.07. The first-order chi connectivity index (χ1) is 9.83. The molecule has 0 spiro atoms. The van der Waals surface area contributed by atoms with E-state index in [1.54, 1.807) is 0 Å². The molecular formula is C16H20BrNO3. The summed E-state index contributed by atoms with van der Waals surface area (Å²) >= 11 is 3.44. The fourth-order valence-corrected chi connectivity index (χ4v) is 3.26. The van der Waals surface area contributed by atoms with Crippen molar-refractivity contribution in [2.24, 2.45) is 0 Å². The summed E-state index contributed by atoms with van der Waals surface area (Å²) in [5, 5.41) is 0. The number of morpholine rings is 1. The average molecular weight is 354 g/mol. The second-order valence-electron chi connectivity index (χ2n) is 6.67. The topological polar surface area (TPSA) is 38.8 Å². The highest BCUT2D eigenvalue weighted by Gasteiger charge is 2.49. The Bertz CT molecular complexity index is 537. The van der Waals surface area contributed by atoms with Crippen LogP contribution in [-0.4, -0.2) is 35.3 Å². The molecule has 3 rings (SSSR count). The molecule has 4 nitrogen and oxygen atoms in total. The van der Waals surface area contributed by atoms with Crippen molar-refractivity contribution < 1.29 is 14.3 Å². The fourth-order valence-electron chi connectivity index (χ4n) is 2.99. The second-order valence-corrected chi connectivity index (χ2v) is 7.58. The third-order valence-corrected chi connectivity index (χ3v) is 4.35. The van der Waals surface area contributed by atoms with E-state index < -0.39 is 5.60 Å². The molecule has 0 radical (unpaired) electrons. The molecule has 2 saturated heterocycles. The van der Waals surface area contributed by atoms with E-state index in [0.29, 0.717) is 6.54 Å². The van der Waals surface area contributed by atoms with Crippen LogP contribution >= 0.6 is 15.9 Å². The van der Waals surface area contributed by atoms with Crippen molar-refractivity contribution in [2.75, 3.05) is 6.54 Å². The van der Waals surface area contributed by atoms with Crippen LogP contribution in [0.2, 0.25) is 0 Å². The summed E-state index contributed by atoms with van der Waals surface area (Å²) < 4.78 is 12.6. The smallest absolute Gasteiger partial charge is 0.410 e. The molecule has 0 saturated carbocycles. The van der Waals surface area contributed by atoms with E-state index in [2.05, 4.69) is 15.9 Å². The Morgan fingerprint density at radius 1 is 1.33 bits per heavy atom.